The van der Waals surface area contributed by atoms with Crippen molar-refractivity contribution in [3.8, 4) is 0 Å². The summed E-state index contributed by atoms with van der Waals surface area (Å²) in [6.07, 6.45) is 3.34. The largest absolute Gasteiger partial charge is 0.351 e. The van der Waals surface area contributed by atoms with Crippen molar-refractivity contribution in [2.45, 2.75) is 71.9 Å². The highest BCUT2D eigenvalue weighted by Crippen LogP contribution is 2.27. The first-order valence-corrected chi connectivity index (χ1v) is 9.31. The Balaban J connectivity index is 5.12. The fourth-order valence-corrected chi connectivity index (χ4v) is 3.30. The average molecular weight is 320 g/mol. The van der Waals surface area contributed by atoms with Gasteiger partial charge in [-0.3, -0.25) is 4.79 Å². The first-order valence-electron chi connectivity index (χ1n) is 7.46. The third kappa shape index (κ3) is 7.27. The van der Waals surface area contributed by atoms with E-state index in [1.165, 1.54) is 10.6 Å². The van der Waals surface area contributed by atoms with E-state index in [2.05, 4.69) is 5.32 Å². The van der Waals surface area contributed by atoms with Crippen molar-refractivity contribution in [2.75, 3.05) is 13.3 Å². The molecule has 1 N–H and O–H groups in total. The zero-order valence-electron chi connectivity index (χ0n) is 14.8. The fourth-order valence-electron chi connectivity index (χ4n) is 2.33. The predicted octanol–water partition coefficient (Wildman–Crippen LogP) is 2.38. The molecule has 0 aromatic heterocycles. The van der Waals surface area contributed by atoms with Gasteiger partial charge >= 0.3 is 0 Å². The summed E-state index contributed by atoms with van der Waals surface area (Å²) in [7, 11) is -1.71. The number of hydrogen-bond acceptors (Lipinski definition) is 3. The first kappa shape index (κ1) is 20.4. The van der Waals surface area contributed by atoms with Crippen LogP contribution in [0.1, 0.15) is 60.8 Å². The minimum absolute atomic E-state index is 0.000624. The molecular weight excluding hydrogens is 288 g/mol. The molecule has 0 spiro atoms. The molecule has 0 aromatic rings. The van der Waals surface area contributed by atoms with Crippen LogP contribution in [0.3, 0.4) is 0 Å². The van der Waals surface area contributed by atoms with Gasteiger partial charge < -0.3 is 5.32 Å². The van der Waals surface area contributed by atoms with Gasteiger partial charge in [0.05, 0.1) is 6.26 Å². The number of amides is 1. The summed E-state index contributed by atoms with van der Waals surface area (Å²) in [5, 5.41) is 3.00. The Hall–Kier alpha value is -0.620. The summed E-state index contributed by atoms with van der Waals surface area (Å²) in [6, 6.07) is 0. The lowest BCUT2D eigenvalue weighted by Crippen LogP contribution is -2.49. The molecule has 21 heavy (non-hydrogen) atoms. The second-order valence-electron chi connectivity index (χ2n) is 7.47. The molecule has 0 aliphatic heterocycles. The van der Waals surface area contributed by atoms with Crippen LogP contribution < -0.4 is 5.32 Å². The molecular formula is C15H32N2O3S. The van der Waals surface area contributed by atoms with Crippen molar-refractivity contribution in [1.82, 2.24) is 9.62 Å². The van der Waals surface area contributed by atoms with E-state index in [1.807, 2.05) is 41.5 Å². The van der Waals surface area contributed by atoms with E-state index >= 15 is 0 Å². The van der Waals surface area contributed by atoms with E-state index in [9.17, 15) is 13.2 Å². The van der Waals surface area contributed by atoms with Gasteiger partial charge in [-0.2, -0.15) is 4.31 Å². The van der Waals surface area contributed by atoms with Crippen LogP contribution in [0.5, 0.6) is 0 Å². The summed E-state index contributed by atoms with van der Waals surface area (Å²) >= 11 is 0. The van der Waals surface area contributed by atoms with E-state index in [0.29, 0.717) is 6.42 Å². The molecule has 0 fully saturated rings. The molecule has 0 heterocycles. The van der Waals surface area contributed by atoms with Gasteiger partial charge in [0, 0.05) is 24.0 Å². The highest BCUT2D eigenvalue weighted by atomic mass is 32.2. The summed E-state index contributed by atoms with van der Waals surface area (Å²) in [5.74, 6) is -0.187. The summed E-state index contributed by atoms with van der Waals surface area (Å²) < 4.78 is 24.8. The molecule has 0 radical (unpaired) electrons. The van der Waals surface area contributed by atoms with Crippen LogP contribution in [0.4, 0.5) is 0 Å². The highest BCUT2D eigenvalue weighted by Gasteiger charge is 2.35. The van der Waals surface area contributed by atoms with Crippen LogP contribution in [0.2, 0.25) is 0 Å². The molecule has 126 valence electrons. The molecule has 0 saturated carbocycles. The first-order chi connectivity index (χ1) is 9.20. The van der Waals surface area contributed by atoms with Gasteiger partial charge in [-0.05, 0) is 47.5 Å². The molecule has 0 bridgehead atoms. The van der Waals surface area contributed by atoms with Gasteiger partial charge in [-0.1, -0.05) is 13.3 Å². The Morgan fingerprint density at radius 3 is 2.00 bits per heavy atom. The topological polar surface area (TPSA) is 66.5 Å². The molecule has 5 nitrogen and oxygen atoms in total. The van der Waals surface area contributed by atoms with E-state index < -0.39 is 15.6 Å². The van der Waals surface area contributed by atoms with Crippen molar-refractivity contribution in [2.24, 2.45) is 5.92 Å². The molecule has 0 aliphatic carbocycles. The predicted molar refractivity (Wildman–Crippen MR) is 87.6 cm³/mol. The van der Waals surface area contributed by atoms with E-state index in [1.54, 1.807) is 7.05 Å². The normalized spacial score (nSPS) is 15.1. The van der Waals surface area contributed by atoms with Crippen LogP contribution in [0.15, 0.2) is 0 Å². The van der Waals surface area contributed by atoms with Crippen LogP contribution in [0, 0.1) is 5.92 Å². The van der Waals surface area contributed by atoms with Gasteiger partial charge in [0.25, 0.3) is 0 Å². The maximum absolute atomic E-state index is 12.4. The highest BCUT2D eigenvalue weighted by molar-refractivity contribution is 7.88. The molecule has 1 atom stereocenters. The Morgan fingerprint density at radius 1 is 1.19 bits per heavy atom. The Bertz CT molecular complexity index is 450. The van der Waals surface area contributed by atoms with Crippen LogP contribution in [-0.4, -0.2) is 43.0 Å². The third-order valence-electron chi connectivity index (χ3n) is 3.60. The molecule has 0 saturated heterocycles. The molecule has 1 unspecified atom stereocenters. The van der Waals surface area contributed by atoms with Gasteiger partial charge in [0.2, 0.25) is 15.9 Å². The maximum atomic E-state index is 12.4. The van der Waals surface area contributed by atoms with Crippen molar-refractivity contribution >= 4 is 15.9 Å². The Kier molecular flexibility index (Phi) is 6.88. The molecule has 0 rings (SSSR count). The van der Waals surface area contributed by atoms with Crippen molar-refractivity contribution < 1.29 is 13.2 Å². The minimum atomic E-state index is -3.28. The average Bonchev–Trinajstić information content (AvgIpc) is 2.23. The maximum Gasteiger partial charge on any atom is 0.223 e. The molecule has 0 aromatic carbocycles. The van der Waals surface area contributed by atoms with E-state index in [4.69, 9.17) is 0 Å². The number of sulfonamides is 1. The second kappa shape index (κ2) is 7.09. The van der Waals surface area contributed by atoms with Gasteiger partial charge in [0.1, 0.15) is 0 Å². The molecule has 6 heteroatoms. The Labute approximate surface area is 130 Å². The van der Waals surface area contributed by atoms with E-state index in [-0.39, 0.29) is 17.4 Å². The van der Waals surface area contributed by atoms with Crippen LogP contribution in [-0.2, 0) is 14.8 Å². The number of carbonyl (C=O) groups excluding carboxylic acids is 1. The van der Waals surface area contributed by atoms with Crippen molar-refractivity contribution in [3.63, 3.8) is 0 Å². The van der Waals surface area contributed by atoms with Crippen molar-refractivity contribution in [1.29, 1.82) is 0 Å². The summed E-state index contributed by atoms with van der Waals surface area (Å²) in [6.45, 7) is 11.6. The number of carbonyl (C=O) groups is 1. The second-order valence-corrected chi connectivity index (χ2v) is 9.49. The van der Waals surface area contributed by atoms with Gasteiger partial charge in [-0.25, -0.2) is 8.42 Å². The summed E-state index contributed by atoms with van der Waals surface area (Å²) in [5.41, 5.74) is -0.876. The summed E-state index contributed by atoms with van der Waals surface area (Å²) in [4.78, 5) is 12.4. The lowest BCUT2D eigenvalue weighted by atomic mass is 9.86. The zero-order valence-corrected chi connectivity index (χ0v) is 15.6. The third-order valence-corrected chi connectivity index (χ3v) is 5.09. The monoisotopic (exact) mass is 320 g/mol. The van der Waals surface area contributed by atoms with Gasteiger partial charge in [-0.15, -0.1) is 0 Å². The fraction of sp³-hybridized carbons (Fsp3) is 0.933. The Morgan fingerprint density at radius 2 is 1.67 bits per heavy atom. The van der Waals surface area contributed by atoms with Crippen LogP contribution in [0.25, 0.3) is 0 Å². The SMILES string of the molecule is CCCC(CC(C)(C)N(C)S(C)(=O)=O)C(=O)NC(C)(C)C. The number of rotatable bonds is 7. The van der Waals surface area contributed by atoms with Crippen molar-refractivity contribution in [3.05, 3.63) is 0 Å². The number of nitrogens with zero attached hydrogens (tertiary/aromatic N) is 1. The molecule has 1 amide bonds. The lowest BCUT2D eigenvalue weighted by Gasteiger charge is -2.37. The van der Waals surface area contributed by atoms with Crippen LogP contribution >= 0.6 is 0 Å². The lowest BCUT2D eigenvalue weighted by molar-refractivity contribution is -0.127. The smallest absolute Gasteiger partial charge is 0.223 e. The number of hydrogen-bond donors (Lipinski definition) is 1. The quantitative estimate of drug-likeness (QED) is 0.783. The number of nitrogens with one attached hydrogen (secondary N) is 1. The zero-order chi connectivity index (χ0) is 17.1. The van der Waals surface area contributed by atoms with Gasteiger partial charge in [0.15, 0.2) is 0 Å². The minimum Gasteiger partial charge on any atom is -0.351 e. The van der Waals surface area contributed by atoms with E-state index in [0.717, 1.165) is 12.8 Å². The standard InChI is InChI=1S/C15H32N2O3S/c1-9-10-12(13(18)16-14(2,3)4)11-15(5,6)17(7)21(8,19)20/h12H,9-11H2,1-8H3,(H,16,18). The molecule has 0 aliphatic rings.